The number of likely N-dealkylation sites (N-methyl/N-ethyl adjacent to an activating group) is 1. The van der Waals surface area contributed by atoms with E-state index in [1.807, 2.05) is 77.2 Å². The zero-order chi connectivity index (χ0) is 44.8. The summed E-state index contributed by atoms with van der Waals surface area (Å²) in [6, 6.07) is 6.39. The van der Waals surface area contributed by atoms with Gasteiger partial charge in [-0.3, -0.25) is 19.2 Å². The minimum absolute atomic E-state index is 0.0542. The number of aliphatic hydroxyl groups excluding tert-OH is 1. The Morgan fingerprint density at radius 2 is 1.85 bits per heavy atom. The number of amides is 1. The Morgan fingerprint density at radius 3 is 2.51 bits per heavy atom. The smallest absolute Gasteiger partial charge is 0.410 e. The van der Waals surface area contributed by atoms with Crippen LogP contribution in [0.1, 0.15) is 87.0 Å². The van der Waals surface area contributed by atoms with Crippen LogP contribution in [0, 0.1) is 17.8 Å². The highest BCUT2D eigenvalue weighted by atomic mass is 16.7. The lowest BCUT2D eigenvalue weighted by molar-refractivity contribution is -0.297. The number of anilines is 1. The highest BCUT2D eigenvalue weighted by molar-refractivity contribution is 6.00. The number of aryl methyl sites for hydroxylation is 1. The molecule has 340 valence electrons. The third-order valence-corrected chi connectivity index (χ3v) is 13.1. The van der Waals surface area contributed by atoms with Crippen molar-refractivity contribution in [2.24, 2.45) is 17.8 Å². The second-order valence-electron chi connectivity index (χ2n) is 18.0. The number of hydrogen-bond acceptors (Lipinski definition) is 14. The fraction of sp³-hybridized carbons (Fsp3) is 0.711. The van der Waals surface area contributed by atoms with Crippen molar-refractivity contribution in [1.29, 1.82) is 0 Å². The van der Waals surface area contributed by atoms with Gasteiger partial charge in [-0.1, -0.05) is 44.2 Å². The Balaban J connectivity index is 1.41. The third-order valence-electron chi connectivity index (χ3n) is 13.1. The molecule has 4 heterocycles. The molecular formula is C45H71N7O9. The van der Waals surface area contributed by atoms with Crippen LogP contribution in [-0.4, -0.2) is 142 Å². The number of benzene rings is 1. The van der Waals surface area contributed by atoms with Crippen molar-refractivity contribution in [1.82, 2.24) is 30.1 Å². The highest BCUT2D eigenvalue weighted by Gasteiger charge is 2.59. The van der Waals surface area contributed by atoms with E-state index in [0.717, 1.165) is 11.3 Å². The molecule has 3 unspecified atom stereocenters. The van der Waals surface area contributed by atoms with Gasteiger partial charge >= 0.3 is 12.1 Å². The van der Waals surface area contributed by atoms with Crippen molar-refractivity contribution in [2.75, 3.05) is 40.0 Å². The molecule has 0 saturated carbocycles. The number of nitrogens with zero attached hydrogens (tertiary/aromatic N) is 5. The summed E-state index contributed by atoms with van der Waals surface area (Å²) in [6.07, 6.45) is 2.02. The maximum Gasteiger partial charge on any atom is 0.410 e. The topological polar surface area (TPSA) is 193 Å². The van der Waals surface area contributed by atoms with E-state index in [-0.39, 0.29) is 24.1 Å². The number of hydrogen-bond donors (Lipinski definition) is 3. The molecule has 3 aliphatic rings. The number of nitrogens with one attached hydrogen (secondary N) is 1. The van der Waals surface area contributed by atoms with Crippen LogP contribution in [0.25, 0.3) is 11.3 Å². The molecule has 0 radical (unpaired) electrons. The lowest BCUT2D eigenvalue weighted by Crippen LogP contribution is -2.61. The molecule has 13 atom stereocenters. The molecular weight excluding hydrogens is 783 g/mol. The Morgan fingerprint density at radius 1 is 1.13 bits per heavy atom. The predicted molar refractivity (Wildman–Crippen MR) is 231 cm³/mol. The minimum atomic E-state index is -1.25. The van der Waals surface area contributed by atoms with Gasteiger partial charge in [-0.25, -0.2) is 4.79 Å². The van der Waals surface area contributed by atoms with E-state index in [4.69, 9.17) is 29.4 Å². The first kappa shape index (κ1) is 48.1. The second-order valence-corrected chi connectivity index (χ2v) is 18.0. The summed E-state index contributed by atoms with van der Waals surface area (Å²) >= 11 is 0. The quantitative estimate of drug-likeness (QED) is 0.0815. The number of nitrogen functional groups attached to an aromatic ring is 1. The molecule has 0 spiro atoms. The van der Waals surface area contributed by atoms with Crippen molar-refractivity contribution < 1.29 is 43.2 Å². The first-order chi connectivity index (χ1) is 28.9. The monoisotopic (exact) mass is 854 g/mol. The Bertz CT molecular complexity index is 1810. The number of carbonyl (C=O) groups excluding carboxylic acids is 3. The number of aromatic nitrogens is 3. The molecule has 16 nitrogen and oxygen atoms in total. The van der Waals surface area contributed by atoms with Crippen LogP contribution in [0.2, 0.25) is 0 Å². The Hall–Kier alpha value is -3.93. The normalized spacial score (nSPS) is 35.6. The number of nitrogens with two attached hydrogens (primary N) is 1. The average molecular weight is 854 g/mol. The average Bonchev–Trinajstić information content (AvgIpc) is 3.80. The number of ether oxygens (including phenoxy) is 5. The van der Waals surface area contributed by atoms with Crippen LogP contribution >= 0.6 is 0 Å². The number of fused-ring (bicyclic) bond motifs is 1. The Labute approximate surface area is 361 Å². The van der Waals surface area contributed by atoms with Gasteiger partial charge in [0.25, 0.3) is 0 Å². The minimum Gasteiger partial charge on any atom is -0.458 e. The van der Waals surface area contributed by atoms with Crippen molar-refractivity contribution in [2.45, 2.75) is 154 Å². The van der Waals surface area contributed by atoms with E-state index in [0.29, 0.717) is 63.8 Å². The highest BCUT2D eigenvalue weighted by Crippen LogP contribution is 2.41. The number of cyclic esters (lactones) is 1. The number of unbranched alkanes of at least 4 members (excludes halogenated alkanes) is 1. The van der Waals surface area contributed by atoms with Gasteiger partial charge < -0.3 is 44.7 Å². The lowest BCUT2D eigenvalue weighted by Gasteiger charge is -2.47. The maximum absolute atomic E-state index is 14.6. The summed E-state index contributed by atoms with van der Waals surface area (Å²) in [6.45, 7) is 18.5. The fourth-order valence-corrected chi connectivity index (χ4v) is 9.78. The summed E-state index contributed by atoms with van der Waals surface area (Å²) in [4.78, 5) is 46.2. The fourth-order valence-electron chi connectivity index (χ4n) is 9.78. The number of rotatable bonds is 13. The molecule has 4 N–H and O–H groups in total. The molecule has 61 heavy (non-hydrogen) atoms. The number of esters is 1. The molecule has 1 aromatic heterocycles. The van der Waals surface area contributed by atoms with Gasteiger partial charge in [0.05, 0.1) is 30.0 Å². The van der Waals surface area contributed by atoms with Crippen LogP contribution in [0.3, 0.4) is 0 Å². The molecule has 0 bridgehead atoms. The largest absolute Gasteiger partial charge is 0.458 e. The molecule has 3 fully saturated rings. The molecule has 16 heteroatoms. The zero-order valence-electron chi connectivity index (χ0n) is 37.9. The first-order valence-electron chi connectivity index (χ1n) is 21.9. The molecule has 0 aliphatic carbocycles. The molecule has 3 saturated heterocycles. The number of carbonyl (C=O) groups is 3. The van der Waals surface area contributed by atoms with E-state index in [1.165, 1.54) is 6.92 Å². The van der Waals surface area contributed by atoms with Crippen molar-refractivity contribution in [3.05, 3.63) is 43.1 Å². The van der Waals surface area contributed by atoms with Gasteiger partial charge in [0.2, 0.25) is 0 Å². The van der Waals surface area contributed by atoms with Gasteiger partial charge in [-0.2, -0.15) is 0 Å². The van der Waals surface area contributed by atoms with E-state index >= 15 is 0 Å². The summed E-state index contributed by atoms with van der Waals surface area (Å²) in [7, 11) is 5.39. The SMILES string of the molecule is C=CC[C@@]1(OC)C[C@@H](C)CN[C@H](C)[C@H]2N(CCCCn3cc(-c4cccc(N)c4)nn3)C(=O)O[C@]2(C)[C@@H](CC)OC(=O)[C@H](C)C(=O)[C@@H](C)[C@H]1O[C@@H]1OC(C)CC(N(C)C)C1O. The Kier molecular flexibility index (Phi) is 16.2. The van der Waals surface area contributed by atoms with E-state index in [2.05, 4.69) is 29.1 Å². The maximum atomic E-state index is 14.6. The van der Waals surface area contributed by atoms with Crippen molar-refractivity contribution >= 4 is 23.5 Å². The van der Waals surface area contributed by atoms with Gasteiger partial charge in [0.1, 0.15) is 23.8 Å². The summed E-state index contributed by atoms with van der Waals surface area (Å²) < 4.78 is 33.7. The van der Waals surface area contributed by atoms with Crippen LogP contribution in [0.5, 0.6) is 0 Å². The third kappa shape index (κ3) is 10.6. The predicted octanol–water partition coefficient (Wildman–Crippen LogP) is 4.84. The van der Waals surface area contributed by atoms with E-state index in [1.54, 1.807) is 29.7 Å². The number of ketones is 1. The molecule has 1 aromatic carbocycles. The van der Waals surface area contributed by atoms with Gasteiger partial charge in [-0.05, 0) is 105 Å². The molecule has 3 aliphatic heterocycles. The van der Waals surface area contributed by atoms with Crippen LogP contribution in [0.4, 0.5) is 10.5 Å². The van der Waals surface area contributed by atoms with E-state index in [9.17, 15) is 19.5 Å². The van der Waals surface area contributed by atoms with E-state index < -0.39 is 71.5 Å². The van der Waals surface area contributed by atoms with Crippen LogP contribution < -0.4 is 11.1 Å². The van der Waals surface area contributed by atoms with Crippen molar-refractivity contribution in [3.63, 3.8) is 0 Å². The summed E-state index contributed by atoms with van der Waals surface area (Å²) in [5.74, 6) is -3.30. The molecule has 1 amide bonds. The second kappa shape index (κ2) is 20.5. The van der Waals surface area contributed by atoms with Crippen LogP contribution in [-0.2, 0) is 39.8 Å². The van der Waals surface area contributed by atoms with Gasteiger partial charge in [-0.15, -0.1) is 11.7 Å². The van der Waals surface area contributed by atoms with Gasteiger partial charge in [0, 0.05) is 49.5 Å². The standard InChI is InChI=1S/C45H71N7O9/c1-12-19-45(57-11)24-27(3)25-47-31(7)39-44(8,61-43(56)52(39)21-15-14-20-51-26-34(48-49-51)32-17-16-18-33(46)23-32)36(13-2)59-41(55)30(6)37(53)29(5)40(45)60-42-38(54)35(50(9)10)22-28(4)58-42/h12,16-18,23,26-31,35-36,38-40,42,47,54H,1,13-15,19-22,24-25,46H2,2-11H3/t27-,28?,29-,30-,31-,35?,36-,38?,39-,40-,42+,44-,45-/m1/s1. The van der Waals surface area contributed by atoms with Gasteiger partial charge in [0.15, 0.2) is 17.7 Å². The number of Topliss-reactive ketones (excluding diaryl/α,β-unsaturated/α-hetero) is 1. The summed E-state index contributed by atoms with van der Waals surface area (Å²) in [5, 5.41) is 23.9. The molecule has 2 aromatic rings. The summed E-state index contributed by atoms with van der Waals surface area (Å²) in [5.41, 5.74) is 5.87. The zero-order valence-corrected chi connectivity index (χ0v) is 37.9. The molecule has 5 rings (SSSR count). The van der Waals surface area contributed by atoms with Crippen molar-refractivity contribution in [3.8, 4) is 11.3 Å². The number of methoxy groups -OCH3 is 1. The van der Waals surface area contributed by atoms with Crippen LogP contribution in [0.15, 0.2) is 43.1 Å². The number of aliphatic hydroxyl groups is 1. The first-order valence-corrected chi connectivity index (χ1v) is 21.9. The lowest BCUT2D eigenvalue weighted by atomic mass is 9.75.